The Labute approximate surface area is 131 Å². The maximum Gasteiger partial charge on any atom is 0.222 e. The highest BCUT2D eigenvalue weighted by molar-refractivity contribution is 6.30. The van der Waals surface area contributed by atoms with Crippen LogP contribution in [0.1, 0.15) is 30.0 Å². The van der Waals surface area contributed by atoms with E-state index < -0.39 is 0 Å². The number of rotatable bonds is 5. The summed E-state index contributed by atoms with van der Waals surface area (Å²) in [6.07, 6.45) is 3.41. The van der Waals surface area contributed by atoms with Gasteiger partial charge in [-0.2, -0.15) is 0 Å². The molecule has 0 amide bonds. The van der Waals surface area contributed by atoms with Gasteiger partial charge >= 0.3 is 0 Å². The molecule has 1 heterocycles. The summed E-state index contributed by atoms with van der Waals surface area (Å²) >= 11 is 6.06. The van der Waals surface area contributed by atoms with Crippen LogP contribution in [0.3, 0.4) is 0 Å². The van der Waals surface area contributed by atoms with Crippen molar-refractivity contribution in [1.82, 2.24) is 4.98 Å². The first kappa shape index (κ1) is 15.8. The highest BCUT2D eigenvalue weighted by Gasteiger charge is 2.13. The Balaban J connectivity index is 2.32. The van der Waals surface area contributed by atoms with Crippen molar-refractivity contribution in [3.63, 3.8) is 0 Å². The molecule has 0 aliphatic heterocycles. The SMILES string of the molecule is CCC(N)Cc1cccnc1Oc1c(C)cc(Cl)cc1C. The van der Waals surface area contributed by atoms with Gasteiger partial charge in [0, 0.05) is 22.8 Å². The second kappa shape index (κ2) is 6.92. The van der Waals surface area contributed by atoms with Gasteiger partial charge in [-0.25, -0.2) is 4.98 Å². The predicted molar refractivity (Wildman–Crippen MR) is 87.2 cm³/mol. The van der Waals surface area contributed by atoms with Gasteiger partial charge in [0.15, 0.2) is 0 Å². The van der Waals surface area contributed by atoms with Crippen LogP contribution in [0.4, 0.5) is 0 Å². The smallest absolute Gasteiger partial charge is 0.222 e. The molecule has 0 radical (unpaired) electrons. The van der Waals surface area contributed by atoms with Crippen molar-refractivity contribution in [3.8, 4) is 11.6 Å². The van der Waals surface area contributed by atoms with Gasteiger partial charge in [-0.15, -0.1) is 0 Å². The zero-order valence-corrected chi connectivity index (χ0v) is 13.4. The van der Waals surface area contributed by atoms with Crippen LogP contribution in [0.2, 0.25) is 5.02 Å². The topological polar surface area (TPSA) is 48.1 Å². The third kappa shape index (κ3) is 3.96. The summed E-state index contributed by atoms with van der Waals surface area (Å²) in [6.45, 7) is 6.04. The normalized spacial score (nSPS) is 12.2. The average Bonchev–Trinajstić information content (AvgIpc) is 2.44. The van der Waals surface area contributed by atoms with Gasteiger partial charge in [0.25, 0.3) is 0 Å². The molecule has 4 heteroatoms. The lowest BCUT2D eigenvalue weighted by molar-refractivity contribution is 0.446. The molecule has 0 fully saturated rings. The van der Waals surface area contributed by atoms with Crippen molar-refractivity contribution in [2.75, 3.05) is 0 Å². The molecule has 0 bridgehead atoms. The van der Waals surface area contributed by atoms with Gasteiger partial charge in [-0.1, -0.05) is 24.6 Å². The molecule has 0 aliphatic rings. The molecule has 0 saturated heterocycles. The molecule has 3 nitrogen and oxygen atoms in total. The highest BCUT2D eigenvalue weighted by atomic mass is 35.5. The molecule has 2 N–H and O–H groups in total. The number of nitrogens with zero attached hydrogens (tertiary/aromatic N) is 1. The van der Waals surface area contributed by atoms with Crippen LogP contribution in [-0.4, -0.2) is 11.0 Å². The summed E-state index contributed by atoms with van der Waals surface area (Å²) in [4.78, 5) is 4.36. The zero-order valence-electron chi connectivity index (χ0n) is 12.7. The first-order chi connectivity index (χ1) is 10.0. The second-order valence-electron chi connectivity index (χ2n) is 5.31. The minimum Gasteiger partial charge on any atom is -0.438 e. The summed E-state index contributed by atoms with van der Waals surface area (Å²) in [5, 5.41) is 0.714. The van der Waals surface area contributed by atoms with Gasteiger partial charge < -0.3 is 10.5 Å². The molecule has 1 unspecified atom stereocenters. The lowest BCUT2D eigenvalue weighted by atomic mass is 10.1. The van der Waals surface area contributed by atoms with Crippen molar-refractivity contribution < 1.29 is 4.74 Å². The van der Waals surface area contributed by atoms with Gasteiger partial charge in [0.1, 0.15) is 5.75 Å². The summed E-state index contributed by atoms with van der Waals surface area (Å²) in [5.74, 6) is 1.43. The summed E-state index contributed by atoms with van der Waals surface area (Å²) < 4.78 is 6.05. The molecular weight excluding hydrogens is 284 g/mol. The molecule has 0 saturated carbocycles. The van der Waals surface area contributed by atoms with E-state index in [9.17, 15) is 0 Å². The van der Waals surface area contributed by atoms with E-state index in [4.69, 9.17) is 22.1 Å². The van der Waals surface area contributed by atoms with E-state index in [1.54, 1.807) is 6.20 Å². The molecule has 0 aliphatic carbocycles. The number of nitrogens with two attached hydrogens (primary N) is 1. The number of aromatic nitrogens is 1. The Morgan fingerprint density at radius 2 is 1.95 bits per heavy atom. The predicted octanol–water partition coefficient (Wildman–Crippen LogP) is 4.42. The van der Waals surface area contributed by atoms with E-state index in [1.807, 2.05) is 38.1 Å². The fourth-order valence-corrected chi connectivity index (χ4v) is 2.58. The molecule has 1 aromatic carbocycles. The van der Waals surface area contributed by atoms with E-state index in [1.165, 1.54) is 0 Å². The molecular formula is C17H21ClN2O. The van der Waals surface area contributed by atoms with E-state index in [0.29, 0.717) is 10.9 Å². The van der Waals surface area contributed by atoms with E-state index in [2.05, 4.69) is 11.9 Å². The van der Waals surface area contributed by atoms with Crippen molar-refractivity contribution in [2.24, 2.45) is 5.73 Å². The maximum absolute atomic E-state index is 6.06. The Morgan fingerprint density at radius 1 is 1.29 bits per heavy atom. The van der Waals surface area contributed by atoms with E-state index in [-0.39, 0.29) is 6.04 Å². The minimum atomic E-state index is 0.115. The highest BCUT2D eigenvalue weighted by Crippen LogP contribution is 2.32. The number of aryl methyl sites for hydroxylation is 2. The standard InChI is InChI=1S/C17H21ClN2O/c1-4-15(19)10-13-6-5-7-20-17(13)21-16-11(2)8-14(18)9-12(16)3/h5-9,15H,4,10,19H2,1-3H3. The largest absolute Gasteiger partial charge is 0.438 e. The van der Waals surface area contributed by atoms with Crippen LogP contribution in [0.5, 0.6) is 11.6 Å². The molecule has 1 aromatic heterocycles. The summed E-state index contributed by atoms with van der Waals surface area (Å²) in [6, 6.07) is 7.82. The van der Waals surface area contributed by atoms with Gasteiger partial charge in [-0.05, 0) is 56.0 Å². The number of hydrogen-bond acceptors (Lipinski definition) is 3. The Kier molecular flexibility index (Phi) is 5.21. The van der Waals surface area contributed by atoms with Crippen molar-refractivity contribution >= 4 is 11.6 Å². The fourth-order valence-electron chi connectivity index (χ4n) is 2.25. The van der Waals surface area contributed by atoms with Crippen LogP contribution >= 0.6 is 11.6 Å². The molecule has 112 valence electrons. The van der Waals surface area contributed by atoms with Crippen LogP contribution in [-0.2, 0) is 6.42 Å². The third-order valence-corrected chi connectivity index (χ3v) is 3.70. The van der Waals surface area contributed by atoms with Gasteiger partial charge in [0.2, 0.25) is 5.88 Å². The van der Waals surface area contributed by atoms with E-state index in [0.717, 1.165) is 35.3 Å². The molecule has 2 rings (SSSR count). The van der Waals surface area contributed by atoms with Crippen LogP contribution in [0.25, 0.3) is 0 Å². The summed E-state index contributed by atoms with van der Waals surface area (Å²) in [5.41, 5.74) is 9.07. The molecule has 1 atom stereocenters. The Bertz CT molecular complexity index is 605. The lowest BCUT2D eigenvalue weighted by Gasteiger charge is -2.15. The molecule has 2 aromatic rings. The number of hydrogen-bond donors (Lipinski definition) is 1. The Hall–Kier alpha value is -1.58. The number of ether oxygens (including phenoxy) is 1. The molecule has 21 heavy (non-hydrogen) atoms. The number of halogens is 1. The minimum absolute atomic E-state index is 0.115. The van der Waals surface area contributed by atoms with Crippen LogP contribution in [0.15, 0.2) is 30.5 Å². The Morgan fingerprint density at radius 3 is 2.57 bits per heavy atom. The van der Waals surface area contributed by atoms with Crippen LogP contribution in [0, 0.1) is 13.8 Å². The first-order valence-corrected chi connectivity index (χ1v) is 7.53. The fraction of sp³-hybridized carbons (Fsp3) is 0.353. The molecule has 0 spiro atoms. The third-order valence-electron chi connectivity index (χ3n) is 3.48. The monoisotopic (exact) mass is 304 g/mol. The maximum atomic E-state index is 6.06. The first-order valence-electron chi connectivity index (χ1n) is 7.15. The summed E-state index contributed by atoms with van der Waals surface area (Å²) in [7, 11) is 0. The quantitative estimate of drug-likeness (QED) is 0.889. The second-order valence-corrected chi connectivity index (χ2v) is 5.75. The van der Waals surface area contributed by atoms with Crippen molar-refractivity contribution in [2.45, 2.75) is 39.7 Å². The van der Waals surface area contributed by atoms with E-state index >= 15 is 0 Å². The van der Waals surface area contributed by atoms with Gasteiger partial charge in [-0.3, -0.25) is 0 Å². The van der Waals surface area contributed by atoms with Gasteiger partial charge in [0.05, 0.1) is 0 Å². The zero-order chi connectivity index (χ0) is 15.4. The van der Waals surface area contributed by atoms with Crippen molar-refractivity contribution in [3.05, 3.63) is 52.2 Å². The van der Waals surface area contributed by atoms with Crippen molar-refractivity contribution in [1.29, 1.82) is 0 Å². The number of benzene rings is 1. The number of pyridine rings is 1. The lowest BCUT2D eigenvalue weighted by Crippen LogP contribution is -2.21. The van der Waals surface area contributed by atoms with Crippen LogP contribution < -0.4 is 10.5 Å². The average molecular weight is 305 g/mol.